The van der Waals surface area contributed by atoms with Crippen molar-refractivity contribution in [2.75, 3.05) is 6.54 Å². The van der Waals surface area contributed by atoms with Gasteiger partial charge in [-0.15, -0.1) is 0 Å². The van der Waals surface area contributed by atoms with Gasteiger partial charge in [0.2, 0.25) is 5.96 Å². The van der Waals surface area contributed by atoms with Crippen LogP contribution in [0.1, 0.15) is 25.3 Å². The van der Waals surface area contributed by atoms with E-state index < -0.39 is 0 Å². The third-order valence-corrected chi connectivity index (χ3v) is 7.72. The zero-order valence-electron chi connectivity index (χ0n) is 19.7. The van der Waals surface area contributed by atoms with Gasteiger partial charge in [-0.2, -0.15) is 4.99 Å². The van der Waals surface area contributed by atoms with Gasteiger partial charge in [-0.05, 0) is 43.5 Å². The summed E-state index contributed by atoms with van der Waals surface area (Å²) in [5, 5.41) is 5.02. The van der Waals surface area contributed by atoms with Crippen LogP contribution in [0.3, 0.4) is 0 Å². The predicted molar refractivity (Wildman–Crippen MR) is 150 cm³/mol. The lowest BCUT2D eigenvalue weighted by Crippen LogP contribution is -2.30. The quantitative estimate of drug-likeness (QED) is 0.258. The average Bonchev–Trinajstić information content (AvgIpc) is 3.44. The molecule has 174 valence electrons. The lowest BCUT2D eigenvalue weighted by molar-refractivity contribution is 0.542. The van der Waals surface area contributed by atoms with E-state index in [9.17, 15) is 0 Å². The SMILES string of the molecule is C1=CC(n2c3ccccc3c3cc4c5ccccc5n(C5=NCC6N=CC=NC6=N5)c4cc32)CCC1. The van der Waals surface area contributed by atoms with Crippen LogP contribution >= 0.6 is 0 Å². The van der Waals surface area contributed by atoms with Crippen LogP contribution in [0.2, 0.25) is 0 Å². The monoisotopic (exact) mass is 468 g/mol. The molecule has 5 aromatic rings. The molecule has 0 saturated heterocycles. The number of allylic oxidation sites excluding steroid dienone is 2. The van der Waals surface area contributed by atoms with E-state index in [2.05, 4.69) is 91.9 Å². The van der Waals surface area contributed by atoms with Crippen LogP contribution in [-0.4, -0.2) is 45.9 Å². The average molecular weight is 469 g/mol. The molecule has 2 aromatic heterocycles. The Bertz CT molecular complexity index is 1860. The van der Waals surface area contributed by atoms with Gasteiger partial charge in [0, 0.05) is 39.5 Å². The third kappa shape index (κ3) is 2.78. The largest absolute Gasteiger partial charge is 0.333 e. The predicted octanol–water partition coefficient (Wildman–Crippen LogP) is 6.32. The number of hydrogen-bond acceptors (Lipinski definition) is 4. The number of amidine groups is 1. The van der Waals surface area contributed by atoms with E-state index in [1.165, 1.54) is 45.4 Å². The molecule has 1 aliphatic carbocycles. The summed E-state index contributed by atoms with van der Waals surface area (Å²) in [6.07, 6.45) is 11.7. The topological polar surface area (TPSA) is 59.3 Å². The summed E-state index contributed by atoms with van der Waals surface area (Å²) in [6.45, 7) is 0.561. The molecule has 0 saturated carbocycles. The fourth-order valence-corrected chi connectivity index (χ4v) is 6.11. The lowest BCUT2D eigenvalue weighted by Gasteiger charge is -2.21. The molecule has 36 heavy (non-hydrogen) atoms. The fraction of sp³-hybridized carbons (Fsp3) is 0.200. The van der Waals surface area contributed by atoms with Crippen LogP contribution in [0.5, 0.6) is 0 Å². The lowest BCUT2D eigenvalue weighted by atomic mass is 10.0. The minimum absolute atomic E-state index is 0.0841. The van der Waals surface area contributed by atoms with Crippen molar-refractivity contribution in [1.29, 1.82) is 0 Å². The van der Waals surface area contributed by atoms with Gasteiger partial charge in [-0.25, -0.2) is 9.98 Å². The first kappa shape index (κ1) is 19.9. The Hall–Kier alpha value is -4.32. The standard InChI is InChI=1S/C30H24N6/c1-2-8-19(9-3-1)35-25-12-6-4-10-20(25)22-16-23-21-11-5-7-13-26(21)36(28(23)17-27(22)35)30-33-18-24-29(34-30)32-15-14-31-24/h2,4-8,10-17,19,24H,1,3,9,18H2. The van der Waals surface area contributed by atoms with Gasteiger partial charge in [0.25, 0.3) is 0 Å². The van der Waals surface area contributed by atoms with Crippen LogP contribution in [-0.2, 0) is 0 Å². The molecule has 0 amide bonds. The highest BCUT2D eigenvalue weighted by atomic mass is 15.2. The molecule has 0 radical (unpaired) electrons. The minimum atomic E-state index is -0.0841. The first-order valence-electron chi connectivity index (χ1n) is 12.7. The van der Waals surface area contributed by atoms with Crippen molar-refractivity contribution < 1.29 is 0 Å². The summed E-state index contributed by atoms with van der Waals surface area (Å²) in [7, 11) is 0. The van der Waals surface area contributed by atoms with Gasteiger partial charge in [0.1, 0.15) is 6.04 Å². The van der Waals surface area contributed by atoms with E-state index in [4.69, 9.17) is 9.98 Å². The maximum atomic E-state index is 4.88. The normalized spacial score (nSPS) is 21.4. The van der Waals surface area contributed by atoms with E-state index in [1.54, 1.807) is 12.4 Å². The van der Waals surface area contributed by atoms with Gasteiger partial charge >= 0.3 is 0 Å². The molecule has 6 heteroatoms. The molecular weight excluding hydrogens is 444 g/mol. The summed E-state index contributed by atoms with van der Waals surface area (Å²) >= 11 is 0. The van der Waals surface area contributed by atoms with Crippen LogP contribution in [0.15, 0.2) is 92.8 Å². The molecule has 2 aliphatic heterocycles. The second-order valence-electron chi connectivity index (χ2n) is 9.76. The number of nitrogens with zero attached hydrogens (tertiary/aromatic N) is 6. The summed E-state index contributed by atoms with van der Waals surface area (Å²) in [5.41, 5.74) is 4.78. The van der Waals surface area contributed by atoms with Gasteiger partial charge in [-0.3, -0.25) is 9.56 Å². The van der Waals surface area contributed by atoms with Crippen molar-refractivity contribution in [1.82, 2.24) is 9.13 Å². The molecule has 2 atom stereocenters. The fourth-order valence-electron chi connectivity index (χ4n) is 6.11. The number of hydrogen-bond donors (Lipinski definition) is 0. The van der Waals surface area contributed by atoms with Crippen LogP contribution < -0.4 is 0 Å². The molecule has 0 bridgehead atoms. The Labute approximate surface area is 207 Å². The van der Waals surface area contributed by atoms with Gasteiger partial charge in [-0.1, -0.05) is 48.6 Å². The van der Waals surface area contributed by atoms with Crippen molar-refractivity contribution in [3.05, 3.63) is 72.8 Å². The Balaban J connectivity index is 1.47. The molecule has 3 aromatic carbocycles. The smallest absolute Gasteiger partial charge is 0.231 e. The van der Waals surface area contributed by atoms with Crippen molar-refractivity contribution in [2.45, 2.75) is 31.3 Å². The van der Waals surface area contributed by atoms with E-state index in [0.29, 0.717) is 18.5 Å². The second kappa shape index (κ2) is 7.59. The molecule has 8 rings (SSSR count). The van der Waals surface area contributed by atoms with Gasteiger partial charge in [0.05, 0.1) is 29.1 Å². The van der Waals surface area contributed by atoms with E-state index >= 15 is 0 Å². The summed E-state index contributed by atoms with van der Waals surface area (Å²) in [5.74, 6) is 1.41. The summed E-state index contributed by atoms with van der Waals surface area (Å²) < 4.78 is 4.74. The molecule has 0 N–H and O–H groups in total. The maximum Gasteiger partial charge on any atom is 0.231 e. The summed E-state index contributed by atoms with van der Waals surface area (Å²) in [4.78, 5) is 18.7. The molecule has 3 aliphatic rings. The van der Waals surface area contributed by atoms with E-state index in [0.717, 1.165) is 23.3 Å². The zero-order chi connectivity index (χ0) is 23.6. The van der Waals surface area contributed by atoms with E-state index in [-0.39, 0.29) is 6.04 Å². The first-order valence-corrected chi connectivity index (χ1v) is 12.7. The van der Waals surface area contributed by atoms with Crippen LogP contribution in [0.25, 0.3) is 43.6 Å². The Morgan fingerprint density at radius 3 is 2.44 bits per heavy atom. The van der Waals surface area contributed by atoms with Crippen LogP contribution in [0.4, 0.5) is 0 Å². The number of rotatable bonds is 1. The van der Waals surface area contributed by atoms with Crippen molar-refractivity contribution in [3.8, 4) is 0 Å². The highest BCUT2D eigenvalue weighted by molar-refractivity contribution is 6.25. The van der Waals surface area contributed by atoms with Gasteiger partial charge < -0.3 is 4.57 Å². The number of fused-ring (bicyclic) bond motifs is 7. The first-order chi connectivity index (χ1) is 17.9. The second-order valence-corrected chi connectivity index (χ2v) is 9.76. The molecule has 4 heterocycles. The molecule has 2 unspecified atom stereocenters. The highest BCUT2D eigenvalue weighted by Crippen LogP contribution is 2.40. The molecular formula is C30H24N6. The molecule has 0 spiro atoms. The van der Waals surface area contributed by atoms with Crippen molar-refractivity contribution >= 4 is 67.8 Å². The van der Waals surface area contributed by atoms with Crippen molar-refractivity contribution in [3.63, 3.8) is 0 Å². The Morgan fingerprint density at radius 2 is 1.58 bits per heavy atom. The Morgan fingerprint density at radius 1 is 0.778 bits per heavy atom. The number of benzene rings is 3. The van der Waals surface area contributed by atoms with Gasteiger partial charge in [0.15, 0.2) is 5.84 Å². The number of aromatic nitrogens is 2. The molecule has 0 fully saturated rings. The summed E-state index contributed by atoms with van der Waals surface area (Å²) in [6, 6.07) is 22.4. The number of aliphatic imine (C=N–C) groups is 4. The highest BCUT2D eigenvalue weighted by Gasteiger charge is 2.25. The van der Waals surface area contributed by atoms with E-state index in [1.807, 2.05) is 0 Å². The third-order valence-electron chi connectivity index (χ3n) is 7.72. The maximum absolute atomic E-state index is 4.88. The zero-order valence-corrected chi connectivity index (χ0v) is 19.7. The van der Waals surface area contributed by atoms with Crippen molar-refractivity contribution in [2.24, 2.45) is 20.0 Å². The Kier molecular flexibility index (Phi) is 4.20. The minimum Gasteiger partial charge on any atom is -0.333 e. The number of para-hydroxylation sites is 2. The molecule has 6 nitrogen and oxygen atoms in total. The van der Waals surface area contributed by atoms with Crippen LogP contribution in [0, 0.1) is 0 Å².